The summed E-state index contributed by atoms with van der Waals surface area (Å²) in [6.07, 6.45) is 0. The summed E-state index contributed by atoms with van der Waals surface area (Å²) in [6, 6.07) is 62.7. The van der Waals surface area contributed by atoms with Gasteiger partial charge >= 0.3 is 0 Å². The van der Waals surface area contributed by atoms with E-state index in [1.54, 1.807) is 0 Å². The quantitative estimate of drug-likeness (QED) is 0.176. The van der Waals surface area contributed by atoms with Crippen molar-refractivity contribution >= 4 is 65.7 Å². The maximum Gasteiger partial charge on any atom is 0.164 e. The standard InChI is InChI=1S/C51H30N4O2/c1-2-11-31(12-3-1)49-52-50(32-21-25-35(26-22-32)55-43-18-7-4-13-37(43)38-14-5-8-19-44(38)55)54-51(53-49)34-24-28-41-40-27-23-33(29-46(40)56-47(41)30-34)36-16-10-17-42-39-15-6-9-20-45(39)57-48(36)42/h1-30H. The number of hydrogen-bond donors (Lipinski definition) is 0. The van der Waals surface area contributed by atoms with Crippen molar-refractivity contribution in [3.8, 4) is 51.0 Å². The van der Waals surface area contributed by atoms with Crippen molar-refractivity contribution in [3.63, 3.8) is 0 Å². The molecule has 6 heteroatoms. The Bertz CT molecular complexity index is 3470. The first kappa shape index (κ1) is 31.5. The Morgan fingerprint density at radius 2 is 0.842 bits per heavy atom. The summed E-state index contributed by atoms with van der Waals surface area (Å²) in [4.78, 5) is 15.1. The Labute approximate surface area is 325 Å². The first-order chi connectivity index (χ1) is 28.2. The molecule has 4 aromatic heterocycles. The molecule has 0 bridgehead atoms. The van der Waals surface area contributed by atoms with Crippen molar-refractivity contribution in [2.75, 3.05) is 0 Å². The van der Waals surface area contributed by atoms with Gasteiger partial charge in [0.25, 0.3) is 0 Å². The minimum absolute atomic E-state index is 0.574. The fourth-order valence-corrected chi connectivity index (χ4v) is 8.37. The van der Waals surface area contributed by atoms with Gasteiger partial charge in [0.15, 0.2) is 17.5 Å². The van der Waals surface area contributed by atoms with Gasteiger partial charge in [-0.2, -0.15) is 0 Å². The number of benzene rings is 8. The van der Waals surface area contributed by atoms with Crippen molar-refractivity contribution in [1.82, 2.24) is 19.5 Å². The van der Waals surface area contributed by atoms with Crippen LogP contribution in [0.3, 0.4) is 0 Å². The number of rotatable bonds is 5. The number of fused-ring (bicyclic) bond motifs is 9. The predicted molar refractivity (Wildman–Crippen MR) is 230 cm³/mol. The number of para-hydroxylation sites is 4. The van der Waals surface area contributed by atoms with Crippen molar-refractivity contribution in [2.24, 2.45) is 0 Å². The third kappa shape index (κ3) is 5.01. The summed E-state index contributed by atoms with van der Waals surface area (Å²) in [5, 5.41) is 6.74. The smallest absolute Gasteiger partial charge is 0.164 e. The largest absolute Gasteiger partial charge is 0.456 e. The highest BCUT2D eigenvalue weighted by Crippen LogP contribution is 2.39. The zero-order valence-electron chi connectivity index (χ0n) is 30.4. The molecule has 0 fully saturated rings. The van der Waals surface area contributed by atoms with Gasteiger partial charge in [-0.1, -0.05) is 115 Å². The Hall–Kier alpha value is -7.83. The Balaban J connectivity index is 0.953. The van der Waals surface area contributed by atoms with Gasteiger partial charge in [0, 0.05) is 60.3 Å². The first-order valence-electron chi connectivity index (χ1n) is 19.0. The lowest BCUT2D eigenvalue weighted by Crippen LogP contribution is -2.00. The fourth-order valence-electron chi connectivity index (χ4n) is 8.37. The topological polar surface area (TPSA) is 69.9 Å². The van der Waals surface area contributed by atoms with Crippen LogP contribution in [0.25, 0.3) is 117 Å². The molecular formula is C51H30N4O2. The van der Waals surface area contributed by atoms with Gasteiger partial charge in [-0.05, 0) is 72.3 Å². The highest BCUT2D eigenvalue weighted by molar-refractivity contribution is 6.12. The molecule has 12 rings (SSSR count). The van der Waals surface area contributed by atoms with E-state index in [9.17, 15) is 0 Å². The lowest BCUT2D eigenvalue weighted by molar-refractivity contribution is 0.668. The number of nitrogens with zero attached hydrogens (tertiary/aromatic N) is 4. The van der Waals surface area contributed by atoms with E-state index in [0.29, 0.717) is 17.5 Å². The summed E-state index contributed by atoms with van der Waals surface area (Å²) in [6.45, 7) is 0. The third-order valence-electron chi connectivity index (χ3n) is 11.1. The first-order valence-corrected chi connectivity index (χ1v) is 19.0. The molecule has 0 N–H and O–H groups in total. The molecule has 0 saturated carbocycles. The molecule has 4 heterocycles. The molecule has 0 aliphatic carbocycles. The molecular weight excluding hydrogens is 701 g/mol. The van der Waals surface area contributed by atoms with E-state index < -0.39 is 0 Å². The maximum atomic E-state index is 6.58. The molecule has 0 aliphatic rings. The minimum Gasteiger partial charge on any atom is -0.456 e. The monoisotopic (exact) mass is 730 g/mol. The maximum absolute atomic E-state index is 6.58. The molecule has 8 aromatic carbocycles. The van der Waals surface area contributed by atoms with Crippen LogP contribution in [0.1, 0.15) is 0 Å². The molecule has 266 valence electrons. The van der Waals surface area contributed by atoms with Crippen LogP contribution in [-0.4, -0.2) is 19.5 Å². The summed E-state index contributed by atoms with van der Waals surface area (Å²) in [5.41, 5.74) is 11.4. The average Bonchev–Trinajstić information content (AvgIpc) is 3.95. The van der Waals surface area contributed by atoms with Crippen LogP contribution >= 0.6 is 0 Å². The Morgan fingerprint density at radius 3 is 1.54 bits per heavy atom. The van der Waals surface area contributed by atoms with Gasteiger partial charge in [-0.3, -0.25) is 0 Å². The van der Waals surface area contributed by atoms with Crippen LogP contribution in [0.5, 0.6) is 0 Å². The van der Waals surface area contributed by atoms with Gasteiger partial charge < -0.3 is 13.4 Å². The second kappa shape index (κ2) is 12.3. The van der Waals surface area contributed by atoms with E-state index in [1.165, 1.54) is 21.8 Å². The van der Waals surface area contributed by atoms with Gasteiger partial charge in [0.2, 0.25) is 0 Å². The van der Waals surface area contributed by atoms with Crippen LogP contribution in [0, 0.1) is 0 Å². The van der Waals surface area contributed by atoms with E-state index in [0.717, 1.165) is 77.4 Å². The van der Waals surface area contributed by atoms with Gasteiger partial charge in [0.05, 0.1) is 11.0 Å². The second-order valence-electron chi connectivity index (χ2n) is 14.4. The van der Waals surface area contributed by atoms with Crippen LogP contribution in [0.15, 0.2) is 191 Å². The third-order valence-corrected chi connectivity index (χ3v) is 11.1. The highest BCUT2D eigenvalue weighted by atomic mass is 16.3. The van der Waals surface area contributed by atoms with E-state index in [-0.39, 0.29) is 0 Å². The Kier molecular flexibility index (Phi) is 6.83. The van der Waals surface area contributed by atoms with E-state index in [1.807, 2.05) is 54.6 Å². The molecule has 0 saturated heterocycles. The van der Waals surface area contributed by atoms with Crippen molar-refractivity contribution in [2.45, 2.75) is 0 Å². The molecule has 0 radical (unpaired) electrons. The van der Waals surface area contributed by atoms with Crippen molar-refractivity contribution < 1.29 is 8.83 Å². The fraction of sp³-hybridized carbons (Fsp3) is 0. The molecule has 0 spiro atoms. The van der Waals surface area contributed by atoms with E-state index >= 15 is 0 Å². The lowest BCUT2D eigenvalue weighted by atomic mass is 10.0. The van der Waals surface area contributed by atoms with Crippen LogP contribution < -0.4 is 0 Å². The van der Waals surface area contributed by atoms with Crippen molar-refractivity contribution in [3.05, 3.63) is 182 Å². The molecule has 12 aromatic rings. The van der Waals surface area contributed by atoms with Crippen LogP contribution in [0.2, 0.25) is 0 Å². The molecule has 0 atom stereocenters. The molecule has 57 heavy (non-hydrogen) atoms. The summed E-state index contributed by atoms with van der Waals surface area (Å²) in [7, 11) is 0. The Morgan fingerprint density at radius 1 is 0.333 bits per heavy atom. The van der Waals surface area contributed by atoms with Crippen LogP contribution in [-0.2, 0) is 0 Å². The second-order valence-corrected chi connectivity index (χ2v) is 14.4. The number of hydrogen-bond acceptors (Lipinski definition) is 5. The minimum atomic E-state index is 0.574. The zero-order valence-corrected chi connectivity index (χ0v) is 30.4. The predicted octanol–water partition coefficient (Wildman–Crippen LogP) is 13.4. The number of aromatic nitrogens is 4. The highest BCUT2D eigenvalue weighted by Gasteiger charge is 2.18. The van der Waals surface area contributed by atoms with Gasteiger partial charge in [-0.15, -0.1) is 0 Å². The summed E-state index contributed by atoms with van der Waals surface area (Å²) < 4.78 is 15.3. The molecule has 0 aliphatic heterocycles. The van der Waals surface area contributed by atoms with Gasteiger partial charge in [0.1, 0.15) is 22.3 Å². The SMILES string of the molecule is c1ccc(-c2nc(-c3ccc(-n4c5ccccc5c5ccccc54)cc3)nc(-c3ccc4c(c3)oc3cc(-c5cccc6c5oc5ccccc56)ccc34)n2)cc1. The lowest BCUT2D eigenvalue weighted by Gasteiger charge is -2.11. The summed E-state index contributed by atoms with van der Waals surface area (Å²) in [5.74, 6) is 1.78. The number of furan rings is 2. The summed E-state index contributed by atoms with van der Waals surface area (Å²) >= 11 is 0. The van der Waals surface area contributed by atoms with Gasteiger partial charge in [-0.25, -0.2) is 15.0 Å². The normalized spacial score (nSPS) is 11.9. The van der Waals surface area contributed by atoms with Crippen molar-refractivity contribution in [1.29, 1.82) is 0 Å². The average molecular weight is 731 g/mol. The molecule has 0 unspecified atom stereocenters. The van der Waals surface area contributed by atoms with Crippen LogP contribution in [0.4, 0.5) is 0 Å². The van der Waals surface area contributed by atoms with E-state index in [2.05, 4.69) is 132 Å². The van der Waals surface area contributed by atoms with E-state index in [4.69, 9.17) is 23.8 Å². The molecule has 6 nitrogen and oxygen atoms in total. The molecule has 0 amide bonds. The zero-order chi connectivity index (χ0) is 37.5.